The van der Waals surface area contributed by atoms with Crippen LogP contribution in [0.25, 0.3) is 0 Å². The molecule has 0 spiro atoms. The second-order valence-electron chi connectivity index (χ2n) is 3.72. The fourth-order valence-corrected chi connectivity index (χ4v) is 1.51. The van der Waals surface area contributed by atoms with Gasteiger partial charge in [0, 0.05) is 13.1 Å². The van der Waals surface area contributed by atoms with Crippen LogP contribution >= 0.6 is 0 Å². The van der Waals surface area contributed by atoms with Crippen LogP contribution in [0, 0.1) is 0 Å². The van der Waals surface area contributed by atoms with Gasteiger partial charge in [-0.15, -0.1) is 0 Å². The largest absolute Gasteiger partial charge is 0.316 e. The van der Waals surface area contributed by atoms with Crippen LogP contribution in [0.2, 0.25) is 0 Å². The maximum Gasteiger partial charge on any atom is 0.247 e. The fourth-order valence-electron chi connectivity index (χ4n) is 1.51. The Balaban J connectivity index is 2.09. The van der Waals surface area contributed by atoms with E-state index in [2.05, 4.69) is 10.4 Å². The SMILES string of the molecule is Cn1nccc1NC(=O)C(N)c1ccccc1. The second kappa shape index (κ2) is 4.80. The standard InChI is InChI=1S/C12H14N4O/c1-16-10(7-8-14-16)15-12(17)11(13)9-5-3-2-4-6-9/h2-8,11H,13H2,1H3,(H,15,17). The monoisotopic (exact) mass is 230 g/mol. The molecule has 0 fully saturated rings. The average Bonchev–Trinajstić information content (AvgIpc) is 2.75. The van der Waals surface area contributed by atoms with Gasteiger partial charge in [-0.2, -0.15) is 5.10 Å². The zero-order chi connectivity index (χ0) is 12.3. The third kappa shape index (κ3) is 2.51. The maximum absolute atomic E-state index is 11.9. The van der Waals surface area contributed by atoms with Gasteiger partial charge in [-0.1, -0.05) is 30.3 Å². The van der Waals surface area contributed by atoms with Crippen molar-refractivity contribution in [1.82, 2.24) is 9.78 Å². The highest BCUT2D eigenvalue weighted by Crippen LogP contribution is 2.12. The van der Waals surface area contributed by atoms with Crippen LogP contribution in [-0.4, -0.2) is 15.7 Å². The molecule has 17 heavy (non-hydrogen) atoms. The molecule has 1 aromatic heterocycles. The molecule has 0 radical (unpaired) electrons. The molecule has 2 rings (SSSR count). The number of amides is 1. The summed E-state index contributed by atoms with van der Waals surface area (Å²) >= 11 is 0. The quantitative estimate of drug-likeness (QED) is 0.828. The molecule has 88 valence electrons. The Hall–Kier alpha value is -2.14. The van der Waals surface area contributed by atoms with E-state index < -0.39 is 6.04 Å². The maximum atomic E-state index is 11.9. The van der Waals surface area contributed by atoms with Crippen LogP contribution in [0.5, 0.6) is 0 Å². The molecule has 1 aromatic carbocycles. The van der Waals surface area contributed by atoms with Crippen LogP contribution in [0.1, 0.15) is 11.6 Å². The van der Waals surface area contributed by atoms with Gasteiger partial charge < -0.3 is 11.1 Å². The van der Waals surface area contributed by atoms with Crippen molar-refractivity contribution in [2.45, 2.75) is 6.04 Å². The summed E-state index contributed by atoms with van der Waals surface area (Å²) in [6, 6.07) is 10.3. The van der Waals surface area contributed by atoms with Crippen molar-refractivity contribution in [3.8, 4) is 0 Å². The molecule has 1 amide bonds. The predicted octanol–water partition coefficient (Wildman–Crippen LogP) is 1.06. The van der Waals surface area contributed by atoms with Gasteiger partial charge in [-0.25, -0.2) is 0 Å². The van der Waals surface area contributed by atoms with Crippen molar-refractivity contribution in [2.24, 2.45) is 12.8 Å². The molecule has 1 atom stereocenters. The Morgan fingerprint density at radius 3 is 2.65 bits per heavy atom. The molecule has 0 aliphatic rings. The molecular formula is C12H14N4O. The number of nitrogens with two attached hydrogens (primary N) is 1. The molecule has 0 aliphatic heterocycles. The zero-order valence-electron chi connectivity index (χ0n) is 9.50. The number of benzene rings is 1. The van der Waals surface area contributed by atoms with Crippen molar-refractivity contribution in [1.29, 1.82) is 0 Å². The highest BCUT2D eigenvalue weighted by molar-refractivity contribution is 5.94. The Morgan fingerprint density at radius 2 is 2.06 bits per heavy atom. The number of rotatable bonds is 3. The summed E-state index contributed by atoms with van der Waals surface area (Å²) in [5.74, 6) is 0.376. The van der Waals surface area contributed by atoms with Gasteiger partial charge in [-0.05, 0) is 5.56 Å². The molecule has 0 bridgehead atoms. The summed E-state index contributed by atoms with van der Waals surface area (Å²) in [6.45, 7) is 0. The number of carbonyl (C=O) groups is 1. The second-order valence-corrected chi connectivity index (χ2v) is 3.72. The number of hydrogen-bond donors (Lipinski definition) is 2. The van der Waals surface area contributed by atoms with E-state index in [9.17, 15) is 4.79 Å². The van der Waals surface area contributed by atoms with Gasteiger partial charge in [0.25, 0.3) is 0 Å². The number of nitrogens with zero attached hydrogens (tertiary/aromatic N) is 2. The minimum absolute atomic E-state index is 0.250. The number of carbonyl (C=O) groups excluding carboxylic acids is 1. The van der Waals surface area contributed by atoms with E-state index in [0.29, 0.717) is 5.82 Å². The molecule has 0 aliphatic carbocycles. The Bertz CT molecular complexity index is 506. The third-order valence-electron chi connectivity index (χ3n) is 2.51. The van der Waals surface area contributed by atoms with Gasteiger partial charge in [-0.3, -0.25) is 9.48 Å². The Kier molecular flexibility index (Phi) is 3.20. The van der Waals surface area contributed by atoms with Gasteiger partial charge in [0.1, 0.15) is 11.9 Å². The highest BCUT2D eigenvalue weighted by atomic mass is 16.2. The van der Waals surface area contributed by atoms with Crippen molar-refractivity contribution in [2.75, 3.05) is 5.32 Å². The summed E-state index contributed by atoms with van der Waals surface area (Å²) in [4.78, 5) is 11.9. The van der Waals surface area contributed by atoms with E-state index in [1.54, 1.807) is 24.0 Å². The number of anilines is 1. The van der Waals surface area contributed by atoms with Crippen LogP contribution in [0.4, 0.5) is 5.82 Å². The van der Waals surface area contributed by atoms with Crippen LogP contribution in [-0.2, 0) is 11.8 Å². The smallest absolute Gasteiger partial charge is 0.247 e. The van der Waals surface area contributed by atoms with Gasteiger partial charge in [0.05, 0.1) is 6.20 Å². The van der Waals surface area contributed by atoms with Crippen molar-refractivity contribution in [3.05, 3.63) is 48.2 Å². The first-order valence-corrected chi connectivity index (χ1v) is 5.28. The lowest BCUT2D eigenvalue weighted by atomic mass is 10.1. The summed E-state index contributed by atoms with van der Waals surface area (Å²) in [5, 5.41) is 6.69. The summed E-state index contributed by atoms with van der Waals surface area (Å²) in [7, 11) is 1.75. The number of hydrogen-bond acceptors (Lipinski definition) is 3. The fraction of sp³-hybridized carbons (Fsp3) is 0.167. The first kappa shape index (κ1) is 11.3. The lowest BCUT2D eigenvalue weighted by molar-refractivity contribution is -0.117. The highest BCUT2D eigenvalue weighted by Gasteiger charge is 2.16. The van der Waals surface area contributed by atoms with Gasteiger partial charge in [0.15, 0.2) is 0 Å². The summed E-state index contributed by atoms with van der Waals surface area (Å²) in [6.07, 6.45) is 1.61. The van der Waals surface area contributed by atoms with E-state index in [0.717, 1.165) is 5.56 Å². The van der Waals surface area contributed by atoms with E-state index in [4.69, 9.17) is 5.73 Å². The zero-order valence-corrected chi connectivity index (χ0v) is 9.50. The molecule has 1 heterocycles. The van der Waals surface area contributed by atoms with E-state index in [1.165, 1.54) is 0 Å². The molecular weight excluding hydrogens is 216 g/mol. The minimum Gasteiger partial charge on any atom is -0.316 e. The molecule has 0 saturated carbocycles. The van der Waals surface area contributed by atoms with E-state index in [1.807, 2.05) is 30.3 Å². The van der Waals surface area contributed by atoms with Crippen LogP contribution in [0.15, 0.2) is 42.6 Å². The third-order valence-corrected chi connectivity index (χ3v) is 2.51. The molecule has 5 heteroatoms. The Labute approximate surface area is 99.2 Å². The number of aromatic nitrogens is 2. The van der Waals surface area contributed by atoms with E-state index >= 15 is 0 Å². The minimum atomic E-state index is -0.675. The van der Waals surface area contributed by atoms with Crippen LogP contribution < -0.4 is 11.1 Å². The first-order valence-electron chi connectivity index (χ1n) is 5.28. The number of nitrogens with one attached hydrogen (secondary N) is 1. The molecule has 1 unspecified atom stereocenters. The normalized spacial score (nSPS) is 12.1. The van der Waals surface area contributed by atoms with E-state index in [-0.39, 0.29) is 5.91 Å². The van der Waals surface area contributed by atoms with Crippen LogP contribution in [0.3, 0.4) is 0 Å². The van der Waals surface area contributed by atoms with Gasteiger partial charge >= 0.3 is 0 Å². The predicted molar refractivity (Wildman–Crippen MR) is 65.2 cm³/mol. The number of aryl methyl sites for hydroxylation is 1. The lowest BCUT2D eigenvalue weighted by Crippen LogP contribution is -2.28. The lowest BCUT2D eigenvalue weighted by Gasteiger charge is -2.12. The van der Waals surface area contributed by atoms with Crippen molar-refractivity contribution >= 4 is 11.7 Å². The molecule has 2 aromatic rings. The molecule has 3 N–H and O–H groups in total. The van der Waals surface area contributed by atoms with Crippen molar-refractivity contribution in [3.63, 3.8) is 0 Å². The topological polar surface area (TPSA) is 72.9 Å². The molecule has 0 saturated heterocycles. The summed E-state index contributed by atoms with van der Waals surface area (Å²) < 4.78 is 1.58. The first-order chi connectivity index (χ1) is 8.18. The average molecular weight is 230 g/mol. The molecule has 5 nitrogen and oxygen atoms in total. The Morgan fingerprint density at radius 1 is 1.35 bits per heavy atom. The summed E-state index contributed by atoms with van der Waals surface area (Å²) in [5.41, 5.74) is 6.65. The van der Waals surface area contributed by atoms with Gasteiger partial charge in [0.2, 0.25) is 5.91 Å². The van der Waals surface area contributed by atoms with Crippen molar-refractivity contribution < 1.29 is 4.79 Å².